The summed E-state index contributed by atoms with van der Waals surface area (Å²) in [6.45, 7) is 1.42. The molecule has 0 aliphatic heterocycles. The lowest BCUT2D eigenvalue weighted by Crippen LogP contribution is -2.04. The van der Waals surface area contributed by atoms with Crippen molar-refractivity contribution in [3.63, 3.8) is 0 Å². The quantitative estimate of drug-likeness (QED) is 0.847. The van der Waals surface area contributed by atoms with Gasteiger partial charge >= 0.3 is 0 Å². The third-order valence-electron chi connectivity index (χ3n) is 2.49. The van der Waals surface area contributed by atoms with Gasteiger partial charge in [-0.1, -0.05) is 0 Å². The Hall–Kier alpha value is -1.46. The van der Waals surface area contributed by atoms with Crippen LogP contribution in [0, 0.1) is 0 Å². The van der Waals surface area contributed by atoms with Crippen LogP contribution in [0.2, 0.25) is 0 Å². The van der Waals surface area contributed by atoms with Crippen molar-refractivity contribution < 1.29 is 5.11 Å². The van der Waals surface area contributed by atoms with Gasteiger partial charge in [0, 0.05) is 25.1 Å². The zero-order chi connectivity index (χ0) is 11.4. The van der Waals surface area contributed by atoms with E-state index in [0.29, 0.717) is 6.54 Å². The molecule has 0 bridgehead atoms. The molecule has 0 saturated heterocycles. The summed E-state index contributed by atoms with van der Waals surface area (Å²) >= 11 is 0. The van der Waals surface area contributed by atoms with Crippen LogP contribution in [0.1, 0.15) is 5.69 Å². The molecule has 5 nitrogen and oxygen atoms in total. The van der Waals surface area contributed by atoms with Gasteiger partial charge in [-0.05, 0) is 12.1 Å². The number of aliphatic hydroxyl groups is 1. The Bertz CT molecular complexity index is 452. The number of rotatable bonds is 5. The van der Waals surface area contributed by atoms with E-state index in [1.807, 2.05) is 25.5 Å². The average Bonchev–Trinajstić information content (AvgIpc) is 2.86. The van der Waals surface area contributed by atoms with Gasteiger partial charge in [-0.25, -0.2) is 0 Å². The summed E-state index contributed by atoms with van der Waals surface area (Å²) in [7, 11) is 2.02. The minimum absolute atomic E-state index is 0. The van der Waals surface area contributed by atoms with Crippen LogP contribution in [-0.2, 0) is 20.1 Å². The molecule has 0 aliphatic rings. The van der Waals surface area contributed by atoms with E-state index < -0.39 is 0 Å². The highest BCUT2D eigenvalue weighted by molar-refractivity contribution is 5.85. The molecule has 0 saturated carbocycles. The Morgan fingerprint density at radius 1 is 1.47 bits per heavy atom. The first-order valence-electron chi connectivity index (χ1n) is 5.27. The molecule has 0 fully saturated rings. The van der Waals surface area contributed by atoms with Gasteiger partial charge in [0.05, 0.1) is 31.6 Å². The fraction of sp³-hybridized carbons (Fsp3) is 0.364. The lowest BCUT2D eigenvalue weighted by atomic mass is 10.4. The molecule has 2 aromatic heterocycles. The van der Waals surface area contributed by atoms with Crippen molar-refractivity contribution in [1.82, 2.24) is 14.3 Å². The van der Waals surface area contributed by atoms with E-state index in [-0.39, 0.29) is 19.0 Å². The van der Waals surface area contributed by atoms with Gasteiger partial charge in [-0.3, -0.25) is 4.68 Å². The average molecular weight is 257 g/mol. The Morgan fingerprint density at radius 3 is 2.94 bits per heavy atom. The molecule has 0 amide bonds. The number of aryl methyl sites for hydroxylation is 1. The number of halogens is 1. The molecule has 2 aromatic rings. The topological polar surface area (TPSA) is 55.0 Å². The van der Waals surface area contributed by atoms with Crippen molar-refractivity contribution in [2.45, 2.75) is 13.1 Å². The van der Waals surface area contributed by atoms with Crippen molar-refractivity contribution >= 4 is 18.1 Å². The third-order valence-corrected chi connectivity index (χ3v) is 2.49. The number of aromatic nitrogens is 3. The first-order valence-corrected chi connectivity index (χ1v) is 5.27. The summed E-state index contributed by atoms with van der Waals surface area (Å²) in [5.74, 6) is 0. The predicted molar refractivity (Wildman–Crippen MR) is 69.3 cm³/mol. The zero-order valence-corrected chi connectivity index (χ0v) is 10.5. The van der Waals surface area contributed by atoms with Gasteiger partial charge in [-0.15, -0.1) is 12.4 Å². The first-order chi connectivity index (χ1) is 7.79. The molecule has 0 aliphatic carbocycles. The summed E-state index contributed by atoms with van der Waals surface area (Å²) in [4.78, 5) is 0. The monoisotopic (exact) mass is 256 g/mol. The van der Waals surface area contributed by atoms with Crippen LogP contribution in [0.25, 0.3) is 0 Å². The Morgan fingerprint density at radius 2 is 2.29 bits per heavy atom. The maximum absolute atomic E-state index is 8.76. The van der Waals surface area contributed by atoms with E-state index in [4.69, 9.17) is 5.11 Å². The maximum Gasteiger partial charge on any atom is 0.0729 e. The summed E-state index contributed by atoms with van der Waals surface area (Å²) < 4.78 is 3.79. The van der Waals surface area contributed by atoms with E-state index in [1.165, 1.54) is 5.69 Å². The van der Waals surface area contributed by atoms with E-state index in [0.717, 1.165) is 12.2 Å². The van der Waals surface area contributed by atoms with Crippen LogP contribution in [0.15, 0.2) is 30.7 Å². The Labute approximate surface area is 106 Å². The van der Waals surface area contributed by atoms with Crippen molar-refractivity contribution in [1.29, 1.82) is 0 Å². The molecule has 2 heterocycles. The predicted octanol–water partition coefficient (Wildman–Crippen LogP) is 1.25. The van der Waals surface area contributed by atoms with Crippen molar-refractivity contribution in [2.24, 2.45) is 7.05 Å². The third kappa shape index (κ3) is 3.51. The van der Waals surface area contributed by atoms with Crippen molar-refractivity contribution in [2.75, 3.05) is 11.9 Å². The van der Waals surface area contributed by atoms with Crippen LogP contribution in [0.3, 0.4) is 0 Å². The molecule has 0 spiro atoms. The van der Waals surface area contributed by atoms with E-state index >= 15 is 0 Å². The number of nitrogens with one attached hydrogen (secondary N) is 1. The standard InChI is InChI=1S/C11H16N4O.ClH/c1-14-4-2-3-11(14)8-12-10-7-13-15(9-10)5-6-16;/h2-4,7,9,12,16H,5-6,8H2,1H3;1H. The Kier molecular flexibility index (Phi) is 5.06. The molecular weight excluding hydrogens is 240 g/mol. The van der Waals surface area contributed by atoms with Crippen molar-refractivity contribution in [3.05, 3.63) is 36.4 Å². The molecule has 2 rings (SSSR count). The molecule has 2 N–H and O–H groups in total. The zero-order valence-electron chi connectivity index (χ0n) is 9.71. The van der Waals surface area contributed by atoms with Gasteiger partial charge in [0.2, 0.25) is 0 Å². The second-order valence-corrected chi connectivity index (χ2v) is 3.68. The number of aliphatic hydroxyl groups excluding tert-OH is 1. The van der Waals surface area contributed by atoms with Gasteiger partial charge in [0.1, 0.15) is 0 Å². The fourth-order valence-electron chi connectivity index (χ4n) is 1.55. The van der Waals surface area contributed by atoms with E-state index in [1.54, 1.807) is 10.9 Å². The largest absolute Gasteiger partial charge is 0.394 e. The number of hydrogen-bond acceptors (Lipinski definition) is 3. The molecule has 0 atom stereocenters. The summed E-state index contributed by atoms with van der Waals surface area (Å²) in [5, 5.41) is 16.2. The van der Waals surface area contributed by atoms with E-state index in [9.17, 15) is 0 Å². The maximum atomic E-state index is 8.76. The highest BCUT2D eigenvalue weighted by Crippen LogP contribution is 2.08. The Balaban J connectivity index is 0.00000144. The van der Waals surface area contributed by atoms with Gasteiger partial charge in [0.15, 0.2) is 0 Å². The van der Waals surface area contributed by atoms with Gasteiger partial charge < -0.3 is 15.0 Å². The minimum atomic E-state index is 0. The molecule has 0 radical (unpaired) electrons. The number of nitrogens with zero attached hydrogens (tertiary/aromatic N) is 3. The van der Waals surface area contributed by atoms with E-state index in [2.05, 4.69) is 21.0 Å². The molecule has 94 valence electrons. The second kappa shape index (κ2) is 6.32. The fourth-order valence-corrected chi connectivity index (χ4v) is 1.55. The van der Waals surface area contributed by atoms with Crippen LogP contribution < -0.4 is 5.32 Å². The smallest absolute Gasteiger partial charge is 0.0729 e. The van der Waals surface area contributed by atoms with Crippen LogP contribution in [0.4, 0.5) is 5.69 Å². The van der Waals surface area contributed by atoms with Gasteiger partial charge in [0.25, 0.3) is 0 Å². The van der Waals surface area contributed by atoms with Crippen LogP contribution in [-0.4, -0.2) is 26.1 Å². The summed E-state index contributed by atoms with van der Waals surface area (Å²) in [6, 6.07) is 4.09. The number of anilines is 1. The molecule has 6 heteroatoms. The van der Waals surface area contributed by atoms with Crippen LogP contribution >= 0.6 is 12.4 Å². The normalized spacial score (nSPS) is 10.0. The summed E-state index contributed by atoms with van der Waals surface area (Å²) in [5.41, 5.74) is 2.18. The first kappa shape index (κ1) is 13.6. The molecule has 0 unspecified atom stereocenters. The number of hydrogen-bond donors (Lipinski definition) is 2. The lowest BCUT2D eigenvalue weighted by Gasteiger charge is -2.04. The minimum Gasteiger partial charge on any atom is -0.394 e. The SMILES string of the molecule is Cl.Cn1cccc1CNc1cnn(CCO)c1. The molecular formula is C11H17ClN4O. The summed E-state index contributed by atoms with van der Waals surface area (Å²) in [6.07, 6.45) is 5.67. The highest BCUT2D eigenvalue weighted by Gasteiger charge is 1.99. The van der Waals surface area contributed by atoms with Gasteiger partial charge in [-0.2, -0.15) is 5.10 Å². The second-order valence-electron chi connectivity index (χ2n) is 3.68. The molecule has 17 heavy (non-hydrogen) atoms. The highest BCUT2D eigenvalue weighted by atomic mass is 35.5. The molecule has 0 aromatic carbocycles. The lowest BCUT2D eigenvalue weighted by molar-refractivity contribution is 0.269. The van der Waals surface area contributed by atoms with Crippen LogP contribution in [0.5, 0.6) is 0 Å². The van der Waals surface area contributed by atoms with Crippen molar-refractivity contribution in [3.8, 4) is 0 Å².